The van der Waals surface area contributed by atoms with Crippen molar-refractivity contribution in [1.29, 1.82) is 0 Å². The van der Waals surface area contributed by atoms with Crippen LogP contribution in [0.15, 0.2) is 285 Å². The van der Waals surface area contributed by atoms with Gasteiger partial charge in [0.2, 0.25) is 0 Å². The van der Waals surface area contributed by atoms with Gasteiger partial charge in [-0.05, 0) is 194 Å². The molecule has 24 rings (SSSR count). The summed E-state index contributed by atoms with van der Waals surface area (Å²) in [6.45, 7) is 42.5. The number of aliphatic imine (C=N–C) groups is 1. The van der Waals surface area contributed by atoms with Crippen molar-refractivity contribution in [2.75, 3.05) is 0 Å². The van der Waals surface area contributed by atoms with Gasteiger partial charge in [-0.15, -0.1) is 98.7 Å². The molecule has 0 saturated heterocycles. The molecule has 0 saturated carbocycles. The number of rotatable bonds is 12. The molecule has 23 aromatic rings. The van der Waals surface area contributed by atoms with Crippen LogP contribution in [0.2, 0.25) is 0 Å². The zero-order valence-electron chi connectivity index (χ0n) is 81.6. The van der Waals surface area contributed by atoms with Crippen LogP contribution in [-0.4, -0.2) is 81.1 Å². The number of furan rings is 1. The van der Waals surface area contributed by atoms with Crippen LogP contribution < -0.4 is 15.6 Å². The van der Waals surface area contributed by atoms with Gasteiger partial charge >= 0.3 is 12.2 Å². The van der Waals surface area contributed by atoms with Crippen molar-refractivity contribution in [3.05, 3.63) is 399 Å². The number of nitrogens with zero attached hydrogens (tertiary/aromatic N) is 16. The summed E-state index contributed by atoms with van der Waals surface area (Å²) < 4.78 is 47.6. The van der Waals surface area contributed by atoms with Crippen molar-refractivity contribution < 1.29 is 123 Å². The van der Waals surface area contributed by atoms with E-state index >= 15 is 0 Å². The number of imidazole rings is 5. The third kappa shape index (κ3) is 19.6. The molecule has 144 heavy (non-hydrogen) atoms. The van der Waals surface area contributed by atoms with Gasteiger partial charge in [-0.3, -0.25) is 34.9 Å². The molecular formula is C116H94FIr5N16O4SSi-5. The van der Waals surface area contributed by atoms with E-state index in [1.165, 1.54) is 86.9 Å². The molecule has 0 atom stereocenters. The number of halogens is 1. The van der Waals surface area contributed by atoms with E-state index in [2.05, 4.69) is 319 Å². The fraction of sp³-hybridized carbons (Fsp3) is 0.147. The molecule has 0 N–H and O–H groups in total. The topological polar surface area (TPSA) is 210 Å². The van der Waals surface area contributed by atoms with E-state index in [1.807, 2.05) is 118 Å². The number of benzene rings is 13. The van der Waals surface area contributed by atoms with Gasteiger partial charge in [0, 0.05) is 236 Å². The van der Waals surface area contributed by atoms with E-state index in [1.54, 1.807) is 41.8 Å². The van der Waals surface area contributed by atoms with Crippen molar-refractivity contribution in [2.45, 2.75) is 118 Å². The quantitative estimate of drug-likeness (QED) is 0.0824. The van der Waals surface area contributed by atoms with Crippen molar-refractivity contribution in [3.63, 3.8) is 0 Å². The minimum absolute atomic E-state index is 0. The third-order valence-corrected chi connectivity index (χ3v) is 31.2. The molecule has 20 nitrogen and oxygen atoms in total. The minimum Gasteiger partial charge on any atom is -0.478 e. The largest absolute Gasteiger partial charge is 0.478 e. The van der Waals surface area contributed by atoms with Gasteiger partial charge in [0.15, 0.2) is 14.0 Å². The molecule has 0 unspecified atom stereocenters. The monoisotopic (exact) mass is 2820 g/mol. The smallest absolute Gasteiger partial charge is 0.439 e. The van der Waals surface area contributed by atoms with Crippen molar-refractivity contribution in [1.82, 2.24) is 67.7 Å². The van der Waals surface area contributed by atoms with Crippen LogP contribution >= 0.6 is 11.3 Å². The second-order valence-electron chi connectivity index (χ2n) is 35.3. The predicted octanol–water partition coefficient (Wildman–Crippen LogP) is 26.4. The van der Waals surface area contributed by atoms with E-state index in [9.17, 15) is 4.39 Å². The Hall–Kier alpha value is -13.4. The van der Waals surface area contributed by atoms with Crippen LogP contribution in [0.1, 0.15) is 96.0 Å². The fourth-order valence-corrected chi connectivity index (χ4v) is 25.6. The van der Waals surface area contributed by atoms with Gasteiger partial charge in [-0.2, -0.15) is 0 Å². The number of fused-ring (bicyclic) bond motifs is 8. The second-order valence-corrected chi connectivity index (χ2v) is 40.4. The van der Waals surface area contributed by atoms with E-state index in [0.717, 1.165) is 140 Å². The Kier molecular flexibility index (Phi) is 31.8. The molecule has 10 aromatic heterocycles. The molecule has 1 aliphatic rings. The number of thiazole rings is 1. The maximum atomic E-state index is 13.6. The molecule has 0 aliphatic carbocycles. The first-order chi connectivity index (χ1) is 67.3. The summed E-state index contributed by atoms with van der Waals surface area (Å²) in [5.74, 6) is 4.59. The molecular weight excluding hydrogens is 2720 g/mol. The molecule has 1 aliphatic heterocycles. The number of hydrogen-bond donors (Lipinski definition) is 0. The van der Waals surface area contributed by atoms with E-state index in [-0.39, 0.29) is 107 Å². The molecule has 5 radical (unpaired) electrons. The number of para-hydroxylation sites is 1. The molecule has 0 amide bonds. The van der Waals surface area contributed by atoms with Crippen LogP contribution in [0.3, 0.4) is 0 Å². The van der Waals surface area contributed by atoms with Gasteiger partial charge in [-0.1, -0.05) is 202 Å². The van der Waals surface area contributed by atoms with Gasteiger partial charge < -0.3 is 50.3 Å². The summed E-state index contributed by atoms with van der Waals surface area (Å²) in [6.07, 6.45) is 14.3. The predicted molar refractivity (Wildman–Crippen MR) is 555 cm³/mol. The second kappa shape index (κ2) is 43.6. The van der Waals surface area contributed by atoms with Crippen LogP contribution in [-0.2, 0) is 101 Å². The average molecular weight is 2820 g/mol. The molecule has 13 aromatic carbocycles. The summed E-state index contributed by atoms with van der Waals surface area (Å²) in [5, 5.41) is 8.40. The SMILES string of the molecule is CC1=Nc2c(-c3nccn3-c3ccc4c(c3)oc3ccccc34)[c-]ccc2[Si]1(c1ccccc1)c1ccccc1.Cc1cc(C)c(-n2c(-c3[c-]ccc4oc(F)nc34)nc(C)c2C)c(C)c1.Cc1cc(C)c(-n2ccnc2-c2[c-]ccc3oc(C)nc23)c(C)c1.Cc1cc(C)c(-n2ccnc2-c2[c-]ccc3sc(C)nc23)c(C)c1.[C-]#[N+]c1nc2c(-c3nccn3-c3c(C)cc(C)cc3C)[c-]ccc2o1.[Ir].[Ir].[Ir].[Ir].[Ir]. The molecule has 729 valence electrons. The van der Waals surface area contributed by atoms with Crippen LogP contribution in [0.25, 0.3) is 156 Å². The van der Waals surface area contributed by atoms with Crippen molar-refractivity contribution in [2.24, 2.45) is 4.99 Å². The number of hydrogen-bond acceptors (Lipinski definition) is 15. The Morgan fingerprint density at radius 3 is 1.28 bits per heavy atom. The Labute approximate surface area is 906 Å². The third-order valence-electron chi connectivity index (χ3n) is 25.4. The first-order valence-corrected chi connectivity index (χ1v) is 48.5. The van der Waals surface area contributed by atoms with Crippen molar-refractivity contribution >= 4 is 117 Å². The number of aromatic nitrogens is 14. The number of aryl methyl sites for hydroxylation is 15. The summed E-state index contributed by atoms with van der Waals surface area (Å²) >= 11 is 1.71. The molecule has 0 bridgehead atoms. The zero-order valence-corrected chi connectivity index (χ0v) is 95.4. The maximum absolute atomic E-state index is 13.6. The van der Waals surface area contributed by atoms with Crippen LogP contribution in [0.5, 0.6) is 0 Å². The zero-order chi connectivity index (χ0) is 96.5. The van der Waals surface area contributed by atoms with E-state index in [0.29, 0.717) is 39.5 Å². The Morgan fingerprint density at radius 2 is 0.771 bits per heavy atom. The molecule has 0 fully saturated rings. The van der Waals surface area contributed by atoms with E-state index < -0.39 is 14.2 Å². The number of oxazole rings is 3. The summed E-state index contributed by atoms with van der Waals surface area (Å²) in [6, 6.07) is 89.1. The summed E-state index contributed by atoms with van der Waals surface area (Å²) in [5.41, 5.74) is 33.3. The van der Waals surface area contributed by atoms with Crippen LogP contribution in [0.4, 0.5) is 16.1 Å². The molecule has 11 heterocycles. The first kappa shape index (κ1) is 105. The molecule has 0 spiro atoms. The normalized spacial score (nSPS) is 11.6. The van der Waals surface area contributed by atoms with Gasteiger partial charge in [0.25, 0.3) is 0 Å². The Balaban J connectivity index is 0.000000137. The standard InChI is InChI=1S/C35H24N3OSi.C21H19FN3O.C20H15N4O.C20H18N3O.C20H18N3S.5Ir/c1-24-37-34-30(16-10-18-33(34)40(24,26-11-4-2-5-12-26)27-13-6-3-7-14-27)35-36-21-22-38(35)25-19-20-29-28-15-8-9-17-31(28)39-32(29)23-25;1-11-9-12(2)19(13(3)10-11)25-15(5)14(4)23-20(25)16-7-6-8-17-18(16)24-21(22)26-17;1-12-10-13(2)18(14(3)11-12)24-9-8-22-19(24)15-6-5-7-16-17(15)23-20(21-4)25-16;2*1-12-10-13(2)19(14(3)11-12)23-9-8-21-20(23)16-6-5-7-17-18(16)22-15(4)24-17;;;;;/h2-15,17-23H,1H3;6,8-10H,1-5H3;5,7-11H,1-3H3;2*5,7-11H,1-4H3;;;;;/q5*-1;;;;;. The van der Waals surface area contributed by atoms with E-state index in [4.69, 9.17) is 44.2 Å². The van der Waals surface area contributed by atoms with Gasteiger partial charge in [0.1, 0.15) is 16.7 Å². The summed E-state index contributed by atoms with van der Waals surface area (Å²) in [7, 11) is -2.53. The minimum atomic E-state index is -2.53. The fourth-order valence-electron chi connectivity index (χ4n) is 20.1. The van der Waals surface area contributed by atoms with Crippen LogP contribution in [0, 0.1) is 154 Å². The van der Waals surface area contributed by atoms with Gasteiger partial charge in [-0.25, -0.2) is 4.98 Å². The first-order valence-electron chi connectivity index (χ1n) is 45.7. The Bertz CT molecular complexity index is 8530. The Morgan fingerprint density at radius 1 is 0.361 bits per heavy atom. The van der Waals surface area contributed by atoms with Crippen molar-refractivity contribution in [3.8, 4) is 85.4 Å². The summed E-state index contributed by atoms with van der Waals surface area (Å²) in [4.78, 5) is 49.3. The maximum Gasteiger partial charge on any atom is 0.439 e. The average Bonchev–Trinajstić information content (AvgIpc) is 1.55. The molecule has 28 heteroatoms. The van der Waals surface area contributed by atoms with Gasteiger partial charge in [0.05, 0.1) is 50.9 Å².